The molecule has 1 amide bonds. The summed E-state index contributed by atoms with van der Waals surface area (Å²) in [6, 6.07) is 15.0. The van der Waals surface area contributed by atoms with Gasteiger partial charge < -0.3 is 5.32 Å². The van der Waals surface area contributed by atoms with Crippen LogP contribution >= 0.6 is 11.3 Å². The number of hydrogen-bond donors (Lipinski definition) is 1. The lowest BCUT2D eigenvalue weighted by atomic mass is 10.1. The van der Waals surface area contributed by atoms with Crippen LogP contribution in [0.15, 0.2) is 78.0 Å². The van der Waals surface area contributed by atoms with E-state index in [1.54, 1.807) is 30.5 Å². The van der Waals surface area contributed by atoms with Crippen molar-refractivity contribution in [1.29, 1.82) is 0 Å². The van der Waals surface area contributed by atoms with E-state index in [4.69, 9.17) is 0 Å². The van der Waals surface area contributed by atoms with Gasteiger partial charge in [0, 0.05) is 34.7 Å². The number of nitrogens with one attached hydrogen (secondary N) is 1. The van der Waals surface area contributed by atoms with E-state index >= 15 is 0 Å². The first-order chi connectivity index (χ1) is 16.0. The number of carbonyl (C=O) groups is 1. The molecule has 33 heavy (non-hydrogen) atoms. The van der Waals surface area contributed by atoms with Gasteiger partial charge in [-0.05, 0) is 55.0 Å². The molecule has 7 nitrogen and oxygen atoms in total. The SMILES string of the molecule is Cc1sc(=O)n(CC(=O)Nc2ccc(-c3cn4cccnc4n3)cc2)c1-c1ccc(F)cc1. The fourth-order valence-corrected chi connectivity index (χ4v) is 4.52. The van der Waals surface area contributed by atoms with Crippen LogP contribution in [0.3, 0.4) is 0 Å². The minimum absolute atomic E-state index is 0.143. The molecule has 164 valence electrons. The summed E-state index contributed by atoms with van der Waals surface area (Å²) in [7, 11) is 0. The van der Waals surface area contributed by atoms with Gasteiger partial charge in [-0.2, -0.15) is 0 Å². The zero-order valence-corrected chi connectivity index (χ0v) is 18.3. The zero-order valence-electron chi connectivity index (χ0n) is 17.5. The summed E-state index contributed by atoms with van der Waals surface area (Å²) in [5.74, 6) is -0.0806. The molecule has 0 saturated heterocycles. The lowest BCUT2D eigenvalue weighted by Gasteiger charge is -2.10. The Labute approximate surface area is 191 Å². The first kappa shape index (κ1) is 20.8. The van der Waals surface area contributed by atoms with Crippen LogP contribution < -0.4 is 10.2 Å². The van der Waals surface area contributed by atoms with Crippen LogP contribution in [0.4, 0.5) is 10.1 Å². The maximum Gasteiger partial charge on any atom is 0.308 e. The van der Waals surface area contributed by atoms with Crippen LogP contribution in [0.25, 0.3) is 28.3 Å². The van der Waals surface area contributed by atoms with Crippen molar-refractivity contribution in [3.63, 3.8) is 0 Å². The van der Waals surface area contributed by atoms with Crippen molar-refractivity contribution >= 4 is 28.7 Å². The standard InChI is InChI=1S/C24H18FN5O2S/c1-15-22(17-3-7-18(25)8-4-17)30(24(32)33-15)14-21(31)27-19-9-5-16(6-10-19)20-13-29-12-2-11-26-23(29)28-20/h2-13H,14H2,1H3,(H,27,31). The van der Waals surface area contributed by atoms with Crippen LogP contribution in [0, 0.1) is 12.7 Å². The molecule has 5 rings (SSSR count). The number of benzene rings is 2. The number of hydrogen-bond acceptors (Lipinski definition) is 5. The number of halogens is 1. The molecular weight excluding hydrogens is 441 g/mol. The third kappa shape index (κ3) is 4.18. The van der Waals surface area contributed by atoms with Crippen molar-refractivity contribution in [2.24, 2.45) is 0 Å². The smallest absolute Gasteiger partial charge is 0.308 e. The van der Waals surface area contributed by atoms with Gasteiger partial charge in [-0.25, -0.2) is 14.4 Å². The largest absolute Gasteiger partial charge is 0.325 e. The molecule has 1 N–H and O–H groups in total. The van der Waals surface area contributed by atoms with Gasteiger partial charge >= 0.3 is 4.87 Å². The average molecular weight is 460 g/mol. The minimum atomic E-state index is -0.360. The molecular formula is C24H18FN5O2S. The fraction of sp³-hybridized carbons (Fsp3) is 0.0833. The van der Waals surface area contributed by atoms with Crippen molar-refractivity contribution in [2.75, 3.05) is 5.32 Å². The molecule has 0 fully saturated rings. The maximum absolute atomic E-state index is 13.3. The Morgan fingerprint density at radius 3 is 2.55 bits per heavy atom. The number of thiazole rings is 1. The number of nitrogens with zero attached hydrogens (tertiary/aromatic N) is 4. The molecule has 0 saturated carbocycles. The van der Waals surface area contributed by atoms with E-state index in [0.717, 1.165) is 27.5 Å². The normalized spacial score (nSPS) is 11.1. The molecule has 0 aliphatic heterocycles. The number of rotatable bonds is 5. The van der Waals surface area contributed by atoms with E-state index < -0.39 is 0 Å². The Morgan fingerprint density at radius 2 is 1.82 bits per heavy atom. The highest BCUT2D eigenvalue weighted by molar-refractivity contribution is 7.09. The summed E-state index contributed by atoms with van der Waals surface area (Å²) < 4.78 is 16.6. The number of aromatic nitrogens is 4. The van der Waals surface area contributed by atoms with Crippen molar-refractivity contribution in [2.45, 2.75) is 13.5 Å². The molecule has 0 bridgehead atoms. The number of carbonyl (C=O) groups excluding carboxylic acids is 1. The molecule has 2 aromatic carbocycles. The van der Waals surface area contributed by atoms with Gasteiger partial charge in [-0.3, -0.25) is 18.6 Å². The number of amides is 1. The highest BCUT2D eigenvalue weighted by Crippen LogP contribution is 2.26. The van der Waals surface area contributed by atoms with Crippen molar-refractivity contribution in [3.8, 4) is 22.5 Å². The third-order valence-corrected chi connectivity index (χ3v) is 6.08. The van der Waals surface area contributed by atoms with Crippen molar-refractivity contribution in [3.05, 3.63) is 93.5 Å². The van der Waals surface area contributed by atoms with Gasteiger partial charge in [-0.1, -0.05) is 23.5 Å². The zero-order chi connectivity index (χ0) is 22.9. The number of anilines is 1. The molecule has 3 aromatic heterocycles. The lowest BCUT2D eigenvalue weighted by Crippen LogP contribution is -2.25. The van der Waals surface area contributed by atoms with Crippen molar-refractivity contribution in [1.82, 2.24) is 18.9 Å². The Hall–Kier alpha value is -4.11. The van der Waals surface area contributed by atoms with E-state index in [2.05, 4.69) is 15.3 Å². The maximum atomic E-state index is 13.3. The van der Waals surface area contributed by atoms with Crippen LogP contribution in [0.1, 0.15) is 4.88 Å². The summed E-state index contributed by atoms with van der Waals surface area (Å²) in [6.45, 7) is 1.67. The molecule has 9 heteroatoms. The van der Waals surface area contributed by atoms with Crippen molar-refractivity contribution < 1.29 is 9.18 Å². The second kappa shape index (κ2) is 8.44. The first-order valence-corrected chi connectivity index (χ1v) is 11.0. The molecule has 0 radical (unpaired) electrons. The highest BCUT2D eigenvalue weighted by Gasteiger charge is 2.17. The molecule has 3 heterocycles. The molecule has 0 atom stereocenters. The average Bonchev–Trinajstić information content (AvgIpc) is 3.35. The van der Waals surface area contributed by atoms with E-state index in [1.165, 1.54) is 16.7 Å². The molecule has 5 aromatic rings. The van der Waals surface area contributed by atoms with E-state index in [0.29, 0.717) is 22.7 Å². The van der Waals surface area contributed by atoms with E-state index in [-0.39, 0.29) is 23.1 Å². The van der Waals surface area contributed by atoms with Crippen LogP contribution in [-0.2, 0) is 11.3 Å². The van der Waals surface area contributed by atoms with Gasteiger partial charge in [0.15, 0.2) is 0 Å². The fourth-order valence-electron chi connectivity index (χ4n) is 3.66. The third-order valence-electron chi connectivity index (χ3n) is 5.18. The summed E-state index contributed by atoms with van der Waals surface area (Å²) in [5.41, 5.74) is 3.58. The summed E-state index contributed by atoms with van der Waals surface area (Å²) in [4.78, 5) is 34.4. The monoisotopic (exact) mass is 459 g/mol. The van der Waals surface area contributed by atoms with Gasteiger partial charge in [0.25, 0.3) is 0 Å². The van der Waals surface area contributed by atoms with Crippen LogP contribution in [0.2, 0.25) is 0 Å². The summed E-state index contributed by atoms with van der Waals surface area (Å²) in [5, 5.41) is 2.83. The Kier molecular flexibility index (Phi) is 5.31. The Balaban J connectivity index is 1.33. The van der Waals surface area contributed by atoms with Crippen LogP contribution in [-0.4, -0.2) is 24.8 Å². The second-order valence-electron chi connectivity index (χ2n) is 7.44. The predicted molar refractivity (Wildman–Crippen MR) is 126 cm³/mol. The van der Waals surface area contributed by atoms with E-state index in [9.17, 15) is 14.0 Å². The minimum Gasteiger partial charge on any atom is -0.325 e. The number of aryl methyl sites for hydroxylation is 1. The highest BCUT2D eigenvalue weighted by atomic mass is 32.1. The molecule has 0 unspecified atom stereocenters. The number of fused-ring (bicyclic) bond motifs is 1. The van der Waals surface area contributed by atoms with E-state index in [1.807, 2.05) is 41.9 Å². The molecule has 0 aliphatic carbocycles. The quantitative estimate of drug-likeness (QED) is 0.423. The van der Waals surface area contributed by atoms with Gasteiger partial charge in [-0.15, -0.1) is 0 Å². The topological polar surface area (TPSA) is 81.3 Å². The molecule has 0 aliphatic rings. The van der Waals surface area contributed by atoms with Gasteiger partial charge in [0.2, 0.25) is 11.7 Å². The second-order valence-corrected chi connectivity index (χ2v) is 8.61. The Morgan fingerprint density at radius 1 is 1.09 bits per heavy atom. The summed E-state index contributed by atoms with van der Waals surface area (Å²) >= 11 is 1.06. The van der Waals surface area contributed by atoms with Crippen LogP contribution in [0.5, 0.6) is 0 Å². The predicted octanol–water partition coefficient (Wildman–Crippen LogP) is 4.37. The Bertz CT molecular complexity index is 1480. The summed E-state index contributed by atoms with van der Waals surface area (Å²) in [6.07, 6.45) is 5.45. The number of imidazole rings is 1. The molecule has 0 spiro atoms. The van der Waals surface area contributed by atoms with Gasteiger partial charge in [0.1, 0.15) is 12.4 Å². The first-order valence-electron chi connectivity index (χ1n) is 10.1. The van der Waals surface area contributed by atoms with Gasteiger partial charge in [0.05, 0.1) is 11.4 Å². The lowest BCUT2D eigenvalue weighted by molar-refractivity contribution is -0.116.